The molecule has 1 atom stereocenters. The molecule has 0 bridgehead atoms. The Morgan fingerprint density at radius 3 is 2.52 bits per heavy atom. The first-order valence-corrected chi connectivity index (χ1v) is 10.2. The van der Waals surface area contributed by atoms with Crippen LogP contribution in [0.4, 0.5) is 4.79 Å². The number of urea groups is 1. The molecule has 1 heterocycles. The molecule has 1 aromatic rings. The maximum atomic E-state index is 12.7. The topological polar surface area (TPSA) is 61.4 Å². The standard InChI is InChI=1S/C21H28ClN3O2/c1-2-19(26)25-12-10-18(11-13-25)23-21(27)24-20(15-6-3-4-7-15)16-8-5-9-17(22)14-16/h2,5,8-9,14-15,18,20H,1,3-4,6-7,10-13H2,(H2,23,24,27)/t20-/m0/s1. The molecule has 2 aliphatic rings. The summed E-state index contributed by atoms with van der Waals surface area (Å²) >= 11 is 6.17. The Morgan fingerprint density at radius 1 is 1.19 bits per heavy atom. The Balaban J connectivity index is 1.58. The van der Waals surface area contributed by atoms with Gasteiger partial charge in [0, 0.05) is 24.2 Å². The van der Waals surface area contributed by atoms with Gasteiger partial charge in [0.15, 0.2) is 0 Å². The molecule has 6 heteroatoms. The molecule has 0 aromatic heterocycles. The zero-order valence-electron chi connectivity index (χ0n) is 15.6. The van der Waals surface area contributed by atoms with E-state index in [2.05, 4.69) is 17.2 Å². The van der Waals surface area contributed by atoms with E-state index in [-0.39, 0.29) is 24.0 Å². The van der Waals surface area contributed by atoms with Crippen LogP contribution >= 0.6 is 11.6 Å². The highest BCUT2D eigenvalue weighted by atomic mass is 35.5. The normalized spacial score (nSPS) is 19.5. The van der Waals surface area contributed by atoms with Crippen LogP contribution in [0, 0.1) is 5.92 Å². The Labute approximate surface area is 166 Å². The summed E-state index contributed by atoms with van der Waals surface area (Å²) in [6.07, 6.45) is 7.54. The van der Waals surface area contributed by atoms with Crippen molar-refractivity contribution in [1.29, 1.82) is 0 Å². The monoisotopic (exact) mass is 389 g/mol. The van der Waals surface area contributed by atoms with E-state index in [0.717, 1.165) is 31.2 Å². The van der Waals surface area contributed by atoms with Crippen molar-refractivity contribution in [3.05, 3.63) is 47.5 Å². The fourth-order valence-corrected chi connectivity index (χ4v) is 4.40. The van der Waals surface area contributed by atoms with Gasteiger partial charge in [0.1, 0.15) is 0 Å². The number of nitrogens with one attached hydrogen (secondary N) is 2. The van der Waals surface area contributed by atoms with Crippen molar-refractivity contribution in [2.24, 2.45) is 5.92 Å². The van der Waals surface area contributed by atoms with Crippen molar-refractivity contribution >= 4 is 23.5 Å². The summed E-state index contributed by atoms with van der Waals surface area (Å²) < 4.78 is 0. The Hall–Kier alpha value is -2.01. The second-order valence-corrected chi connectivity index (χ2v) is 7.94. The lowest BCUT2D eigenvalue weighted by Crippen LogP contribution is -2.50. The van der Waals surface area contributed by atoms with Crippen LogP contribution in [0.1, 0.15) is 50.1 Å². The Kier molecular flexibility index (Phi) is 6.78. The Morgan fingerprint density at radius 2 is 1.89 bits per heavy atom. The molecule has 0 radical (unpaired) electrons. The average Bonchev–Trinajstić information content (AvgIpc) is 3.20. The van der Waals surface area contributed by atoms with Crippen LogP contribution in [-0.2, 0) is 4.79 Å². The van der Waals surface area contributed by atoms with E-state index in [1.807, 2.05) is 24.3 Å². The molecule has 5 nitrogen and oxygen atoms in total. The third-order valence-electron chi connectivity index (χ3n) is 5.68. The number of likely N-dealkylation sites (tertiary alicyclic amines) is 1. The van der Waals surface area contributed by atoms with Gasteiger partial charge in [-0.15, -0.1) is 0 Å². The minimum Gasteiger partial charge on any atom is -0.339 e. The van der Waals surface area contributed by atoms with Gasteiger partial charge >= 0.3 is 6.03 Å². The number of carbonyl (C=O) groups excluding carboxylic acids is 2. The van der Waals surface area contributed by atoms with E-state index >= 15 is 0 Å². The van der Waals surface area contributed by atoms with E-state index in [9.17, 15) is 9.59 Å². The zero-order chi connectivity index (χ0) is 19.2. The van der Waals surface area contributed by atoms with Gasteiger partial charge in [0.25, 0.3) is 0 Å². The van der Waals surface area contributed by atoms with Crippen LogP contribution in [0.15, 0.2) is 36.9 Å². The predicted molar refractivity (Wildman–Crippen MR) is 108 cm³/mol. The van der Waals surface area contributed by atoms with Crippen molar-refractivity contribution in [3.63, 3.8) is 0 Å². The smallest absolute Gasteiger partial charge is 0.315 e. The van der Waals surface area contributed by atoms with E-state index in [1.165, 1.54) is 18.9 Å². The molecule has 2 fully saturated rings. The highest BCUT2D eigenvalue weighted by molar-refractivity contribution is 6.30. The molecule has 2 N–H and O–H groups in total. The van der Waals surface area contributed by atoms with Crippen molar-refractivity contribution in [1.82, 2.24) is 15.5 Å². The van der Waals surface area contributed by atoms with Gasteiger partial charge < -0.3 is 15.5 Å². The fraction of sp³-hybridized carbons (Fsp3) is 0.524. The molecule has 146 valence electrons. The van der Waals surface area contributed by atoms with Crippen LogP contribution in [0.2, 0.25) is 5.02 Å². The van der Waals surface area contributed by atoms with Crippen molar-refractivity contribution in [2.45, 2.75) is 50.6 Å². The minimum absolute atomic E-state index is 0.0198. The van der Waals surface area contributed by atoms with Crippen molar-refractivity contribution in [3.8, 4) is 0 Å². The lowest BCUT2D eigenvalue weighted by atomic mass is 9.91. The van der Waals surface area contributed by atoms with Gasteiger partial charge in [0.05, 0.1) is 6.04 Å². The minimum atomic E-state index is -0.139. The number of rotatable bonds is 5. The first kappa shape index (κ1) is 19.7. The van der Waals surface area contributed by atoms with E-state index in [4.69, 9.17) is 11.6 Å². The molecular formula is C21H28ClN3O2. The summed E-state index contributed by atoms with van der Waals surface area (Å²) in [5.41, 5.74) is 1.07. The summed E-state index contributed by atoms with van der Waals surface area (Å²) in [7, 11) is 0. The van der Waals surface area contributed by atoms with E-state index < -0.39 is 0 Å². The maximum Gasteiger partial charge on any atom is 0.315 e. The number of carbonyl (C=O) groups is 2. The SMILES string of the molecule is C=CC(=O)N1CCC(NC(=O)N[C@H](c2cccc(Cl)c2)C2CCCC2)CC1. The highest BCUT2D eigenvalue weighted by Crippen LogP contribution is 2.36. The molecule has 3 rings (SSSR count). The van der Waals surface area contributed by atoms with Crippen LogP contribution in [0.3, 0.4) is 0 Å². The van der Waals surface area contributed by atoms with Gasteiger partial charge in [-0.2, -0.15) is 0 Å². The molecule has 1 aromatic carbocycles. The summed E-state index contributed by atoms with van der Waals surface area (Å²) in [4.78, 5) is 26.1. The number of amides is 3. The molecule has 3 amide bonds. The van der Waals surface area contributed by atoms with Gasteiger partial charge in [-0.1, -0.05) is 43.2 Å². The first-order chi connectivity index (χ1) is 13.1. The number of hydrogen-bond donors (Lipinski definition) is 2. The average molecular weight is 390 g/mol. The quantitative estimate of drug-likeness (QED) is 0.746. The lowest BCUT2D eigenvalue weighted by molar-refractivity contribution is -0.127. The summed E-state index contributed by atoms with van der Waals surface area (Å²) in [6, 6.07) is 7.70. The molecule has 27 heavy (non-hydrogen) atoms. The van der Waals surface area contributed by atoms with Gasteiger partial charge in [-0.05, 0) is 55.4 Å². The molecule has 1 saturated carbocycles. The lowest BCUT2D eigenvalue weighted by Gasteiger charge is -2.32. The third kappa shape index (κ3) is 5.25. The largest absolute Gasteiger partial charge is 0.339 e. The summed E-state index contributed by atoms with van der Waals surface area (Å²) in [5, 5.41) is 6.97. The number of halogens is 1. The molecule has 1 aliphatic carbocycles. The summed E-state index contributed by atoms with van der Waals surface area (Å²) in [6.45, 7) is 4.83. The molecule has 0 spiro atoms. The second kappa shape index (κ2) is 9.27. The molecule has 0 unspecified atom stereocenters. The molecule has 1 saturated heterocycles. The first-order valence-electron chi connectivity index (χ1n) is 9.80. The fourth-order valence-electron chi connectivity index (χ4n) is 4.21. The summed E-state index contributed by atoms with van der Waals surface area (Å²) in [5.74, 6) is 0.404. The number of hydrogen-bond acceptors (Lipinski definition) is 2. The maximum absolute atomic E-state index is 12.7. The van der Waals surface area contributed by atoms with Crippen molar-refractivity contribution in [2.75, 3.05) is 13.1 Å². The number of benzene rings is 1. The predicted octanol–water partition coefficient (Wildman–Crippen LogP) is 4.05. The molecule has 1 aliphatic heterocycles. The van der Waals surface area contributed by atoms with Crippen LogP contribution < -0.4 is 10.6 Å². The zero-order valence-corrected chi connectivity index (χ0v) is 16.4. The van der Waals surface area contributed by atoms with E-state index in [0.29, 0.717) is 24.0 Å². The van der Waals surface area contributed by atoms with Crippen LogP contribution in [0.25, 0.3) is 0 Å². The van der Waals surface area contributed by atoms with Gasteiger partial charge in [0.2, 0.25) is 5.91 Å². The Bertz CT molecular complexity index is 680. The molecular weight excluding hydrogens is 362 g/mol. The van der Waals surface area contributed by atoms with Gasteiger partial charge in [-0.25, -0.2) is 4.79 Å². The van der Waals surface area contributed by atoms with Crippen LogP contribution in [0.5, 0.6) is 0 Å². The number of nitrogens with zero attached hydrogens (tertiary/aromatic N) is 1. The highest BCUT2D eigenvalue weighted by Gasteiger charge is 2.29. The van der Waals surface area contributed by atoms with E-state index in [1.54, 1.807) is 4.90 Å². The van der Waals surface area contributed by atoms with Crippen LogP contribution in [-0.4, -0.2) is 36.0 Å². The third-order valence-corrected chi connectivity index (χ3v) is 5.92. The number of piperidine rings is 1. The van der Waals surface area contributed by atoms with Gasteiger partial charge in [-0.3, -0.25) is 4.79 Å². The second-order valence-electron chi connectivity index (χ2n) is 7.50. The van der Waals surface area contributed by atoms with Crippen molar-refractivity contribution < 1.29 is 9.59 Å².